The molecule has 0 amide bonds. The second-order valence-corrected chi connectivity index (χ2v) is 7.67. The van der Waals surface area contributed by atoms with Gasteiger partial charge in [0.2, 0.25) is 0 Å². The van der Waals surface area contributed by atoms with Gasteiger partial charge < -0.3 is 20.5 Å². The number of benzene rings is 1. The highest BCUT2D eigenvalue weighted by molar-refractivity contribution is 7.19. The maximum absolute atomic E-state index is 11.3. The molecular formula is C21H31N3O3S. The van der Waals surface area contributed by atoms with E-state index in [0.717, 1.165) is 42.5 Å². The van der Waals surface area contributed by atoms with Crippen molar-refractivity contribution in [2.24, 2.45) is 4.99 Å². The molecule has 1 aromatic heterocycles. The van der Waals surface area contributed by atoms with Crippen molar-refractivity contribution < 1.29 is 14.6 Å². The minimum absolute atomic E-state index is 0.109. The normalized spacial score (nSPS) is 12.8. The molecule has 0 fully saturated rings. The van der Waals surface area contributed by atoms with Crippen molar-refractivity contribution in [3.63, 3.8) is 0 Å². The third-order valence-corrected chi connectivity index (χ3v) is 5.58. The molecule has 6 nitrogen and oxygen atoms in total. The van der Waals surface area contributed by atoms with Crippen LogP contribution >= 0.6 is 11.3 Å². The molecule has 0 aliphatic heterocycles. The van der Waals surface area contributed by atoms with Gasteiger partial charge in [-0.2, -0.15) is 0 Å². The Hall–Kier alpha value is -2.12. The maximum atomic E-state index is 11.3. The number of aliphatic hydroxyl groups is 1. The fourth-order valence-electron chi connectivity index (χ4n) is 2.87. The Morgan fingerprint density at radius 2 is 2.00 bits per heavy atom. The summed E-state index contributed by atoms with van der Waals surface area (Å²) in [6.07, 6.45) is 3.86. The number of ether oxygens (including phenoxy) is 1. The highest BCUT2D eigenvalue weighted by Gasteiger charge is 2.12. The predicted octanol–water partition coefficient (Wildman–Crippen LogP) is 3.61. The zero-order valence-corrected chi connectivity index (χ0v) is 17.6. The van der Waals surface area contributed by atoms with Crippen molar-refractivity contribution in [1.29, 1.82) is 0 Å². The molecule has 154 valence electrons. The highest BCUT2D eigenvalue weighted by Crippen LogP contribution is 2.29. The van der Waals surface area contributed by atoms with Gasteiger partial charge in [-0.3, -0.25) is 9.79 Å². The Balaban J connectivity index is 1.61. The summed E-state index contributed by atoms with van der Waals surface area (Å²) < 4.78 is 6.10. The van der Waals surface area contributed by atoms with Crippen LogP contribution in [0.5, 0.6) is 0 Å². The Kier molecular flexibility index (Phi) is 9.79. The monoisotopic (exact) mass is 405 g/mol. The van der Waals surface area contributed by atoms with Gasteiger partial charge in [0.05, 0.1) is 6.61 Å². The lowest BCUT2D eigenvalue weighted by Crippen LogP contribution is -2.39. The van der Waals surface area contributed by atoms with Crippen LogP contribution in [0.4, 0.5) is 0 Å². The summed E-state index contributed by atoms with van der Waals surface area (Å²) in [6.45, 7) is 3.49. The number of nitrogens with one attached hydrogen (secondary N) is 2. The van der Waals surface area contributed by atoms with Crippen LogP contribution in [0.15, 0.2) is 35.3 Å². The number of fused-ring (bicyclic) bond motifs is 1. The molecule has 7 heteroatoms. The largest absolute Gasteiger partial charge is 0.466 e. The fourth-order valence-corrected chi connectivity index (χ4v) is 3.92. The summed E-state index contributed by atoms with van der Waals surface area (Å²) >= 11 is 1.62. The smallest absolute Gasteiger partial charge is 0.305 e. The minimum atomic E-state index is -0.571. The van der Waals surface area contributed by atoms with Gasteiger partial charge in [-0.1, -0.05) is 31.0 Å². The average Bonchev–Trinajstić information content (AvgIpc) is 3.14. The first-order chi connectivity index (χ1) is 13.6. The van der Waals surface area contributed by atoms with E-state index in [2.05, 4.69) is 27.8 Å². The average molecular weight is 406 g/mol. The lowest BCUT2D eigenvalue weighted by molar-refractivity contribution is -0.143. The van der Waals surface area contributed by atoms with E-state index in [4.69, 9.17) is 4.74 Å². The SMILES string of the molecule is CCOC(=O)CCCCCCNC(=NC)NCC(O)c1cc2ccccc2s1. The van der Waals surface area contributed by atoms with E-state index >= 15 is 0 Å². The molecule has 0 saturated carbocycles. The second kappa shape index (κ2) is 12.4. The number of aliphatic imine (C=N–C) groups is 1. The fraction of sp³-hybridized carbons (Fsp3) is 0.524. The van der Waals surface area contributed by atoms with Gasteiger partial charge in [0.1, 0.15) is 6.10 Å². The van der Waals surface area contributed by atoms with E-state index in [9.17, 15) is 9.90 Å². The number of unbranched alkanes of at least 4 members (excludes halogenated alkanes) is 3. The molecule has 0 spiro atoms. The van der Waals surface area contributed by atoms with E-state index < -0.39 is 6.10 Å². The number of hydrogen-bond donors (Lipinski definition) is 3. The lowest BCUT2D eigenvalue weighted by Gasteiger charge is -2.14. The second-order valence-electron chi connectivity index (χ2n) is 6.55. The zero-order chi connectivity index (χ0) is 20.2. The van der Waals surface area contributed by atoms with Crippen LogP contribution in [0.3, 0.4) is 0 Å². The maximum Gasteiger partial charge on any atom is 0.305 e. The highest BCUT2D eigenvalue weighted by atomic mass is 32.1. The van der Waals surface area contributed by atoms with Crippen LogP contribution in [0.1, 0.15) is 50.0 Å². The van der Waals surface area contributed by atoms with E-state index in [-0.39, 0.29) is 5.97 Å². The summed E-state index contributed by atoms with van der Waals surface area (Å²) in [5, 5.41) is 18.0. The quantitative estimate of drug-likeness (QED) is 0.230. The van der Waals surface area contributed by atoms with Crippen LogP contribution in [0.2, 0.25) is 0 Å². The first kappa shape index (κ1) is 22.2. The van der Waals surface area contributed by atoms with Gasteiger partial charge in [0.15, 0.2) is 5.96 Å². The van der Waals surface area contributed by atoms with E-state index in [0.29, 0.717) is 25.5 Å². The first-order valence-electron chi connectivity index (χ1n) is 9.90. The molecule has 1 heterocycles. The predicted molar refractivity (Wildman–Crippen MR) is 116 cm³/mol. The standard InChI is InChI=1S/C21H31N3O3S/c1-3-27-20(26)12-6-4-5-9-13-23-21(22-2)24-15-17(25)19-14-16-10-7-8-11-18(16)28-19/h7-8,10-11,14,17,25H,3-6,9,12-13,15H2,1-2H3,(H2,22,23,24). The van der Waals surface area contributed by atoms with Crippen molar-refractivity contribution in [2.75, 3.05) is 26.7 Å². The van der Waals surface area contributed by atoms with Crippen LogP contribution < -0.4 is 10.6 Å². The minimum Gasteiger partial charge on any atom is -0.466 e. The summed E-state index contributed by atoms with van der Waals surface area (Å²) in [7, 11) is 1.72. The number of carbonyl (C=O) groups is 1. The summed E-state index contributed by atoms with van der Waals surface area (Å²) in [6, 6.07) is 10.2. The van der Waals surface area contributed by atoms with Gasteiger partial charge in [-0.05, 0) is 37.3 Å². The van der Waals surface area contributed by atoms with Crippen LogP contribution in [0.25, 0.3) is 10.1 Å². The lowest BCUT2D eigenvalue weighted by atomic mass is 10.1. The van der Waals surface area contributed by atoms with Gasteiger partial charge in [-0.15, -0.1) is 11.3 Å². The number of guanidine groups is 1. The van der Waals surface area contributed by atoms with Crippen molar-refractivity contribution in [3.8, 4) is 0 Å². The van der Waals surface area contributed by atoms with Crippen molar-refractivity contribution in [3.05, 3.63) is 35.2 Å². The van der Waals surface area contributed by atoms with Crippen molar-refractivity contribution in [2.45, 2.75) is 45.1 Å². The van der Waals surface area contributed by atoms with Gasteiger partial charge in [-0.25, -0.2) is 0 Å². The van der Waals surface area contributed by atoms with Crippen LogP contribution in [-0.2, 0) is 9.53 Å². The van der Waals surface area contributed by atoms with Crippen LogP contribution in [0, 0.1) is 0 Å². The Bertz CT molecular complexity index is 727. The molecule has 1 aromatic carbocycles. The molecule has 0 bridgehead atoms. The molecule has 0 aliphatic rings. The summed E-state index contributed by atoms with van der Waals surface area (Å²) in [4.78, 5) is 16.4. The Labute approximate surface area is 171 Å². The molecule has 2 rings (SSSR count). The van der Waals surface area contributed by atoms with E-state index in [1.165, 1.54) is 4.70 Å². The first-order valence-corrected chi connectivity index (χ1v) is 10.7. The molecule has 0 radical (unpaired) electrons. The van der Waals surface area contributed by atoms with Gasteiger partial charge >= 0.3 is 5.97 Å². The molecule has 1 atom stereocenters. The molecule has 28 heavy (non-hydrogen) atoms. The zero-order valence-electron chi connectivity index (χ0n) is 16.7. The number of esters is 1. The van der Waals surface area contributed by atoms with Crippen molar-refractivity contribution >= 4 is 33.4 Å². The Morgan fingerprint density at radius 1 is 1.21 bits per heavy atom. The van der Waals surface area contributed by atoms with Gasteiger partial charge in [0, 0.05) is 36.1 Å². The summed E-state index contributed by atoms with van der Waals surface area (Å²) in [5.74, 6) is 0.578. The van der Waals surface area contributed by atoms with Crippen molar-refractivity contribution in [1.82, 2.24) is 10.6 Å². The number of rotatable bonds is 11. The number of aliphatic hydroxyl groups excluding tert-OH is 1. The molecular weight excluding hydrogens is 374 g/mol. The number of thiophene rings is 1. The number of carbonyl (C=O) groups excluding carboxylic acids is 1. The third-order valence-electron chi connectivity index (χ3n) is 4.36. The Morgan fingerprint density at radius 3 is 2.75 bits per heavy atom. The van der Waals surface area contributed by atoms with Crippen LogP contribution in [-0.4, -0.2) is 43.8 Å². The number of nitrogens with zero attached hydrogens (tertiary/aromatic N) is 1. The number of hydrogen-bond acceptors (Lipinski definition) is 5. The topological polar surface area (TPSA) is 83.0 Å². The molecule has 0 saturated heterocycles. The molecule has 0 aliphatic carbocycles. The van der Waals surface area contributed by atoms with E-state index in [1.807, 2.05) is 25.1 Å². The summed E-state index contributed by atoms with van der Waals surface area (Å²) in [5.41, 5.74) is 0. The van der Waals surface area contributed by atoms with Gasteiger partial charge in [0.25, 0.3) is 0 Å². The molecule has 1 unspecified atom stereocenters. The molecule has 2 aromatic rings. The van der Waals surface area contributed by atoms with E-state index in [1.54, 1.807) is 18.4 Å². The molecule has 3 N–H and O–H groups in total. The third kappa shape index (κ3) is 7.48.